The number of amides is 1. The lowest BCUT2D eigenvalue weighted by Crippen LogP contribution is -2.63. The molecule has 2 aromatic rings. The number of hydrogen-bond donors (Lipinski definition) is 1. The quantitative estimate of drug-likeness (QED) is 0.868. The maximum Gasteiger partial charge on any atom is 0.223 e. The number of aryl methyl sites for hydroxylation is 1. The molecule has 1 aromatic carbocycles. The molecule has 2 aliphatic heterocycles. The summed E-state index contributed by atoms with van der Waals surface area (Å²) in [6.07, 6.45) is 5.03. The van der Waals surface area contributed by atoms with Crippen molar-refractivity contribution < 1.29 is 9.18 Å². The molecule has 2 saturated carbocycles. The van der Waals surface area contributed by atoms with E-state index in [2.05, 4.69) is 21.2 Å². The van der Waals surface area contributed by atoms with Crippen LogP contribution in [0.15, 0.2) is 12.1 Å². The summed E-state index contributed by atoms with van der Waals surface area (Å²) in [7, 11) is 0. The second-order valence-electron chi connectivity index (χ2n) is 9.28. The van der Waals surface area contributed by atoms with E-state index in [0.29, 0.717) is 34.5 Å². The number of rotatable bonds is 3. The van der Waals surface area contributed by atoms with Crippen molar-refractivity contribution in [2.75, 3.05) is 0 Å². The molecule has 1 N–H and O–H groups in total. The minimum absolute atomic E-state index is 0.130. The van der Waals surface area contributed by atoms with E-state index in [1.807, 2.05) is 13.0 Å². The number of nitrogens with one attached hydrogen (secondary N) is 1. The zero-order chi connectivity index (χ0) is 19.6. The van der Waals surface area contributed by atoms with Crippen molar-refractivity contribution in [3.8, 4) is 6.07 Å². The molecule has 0 radical (unpaired) electrons. The van der Waals surface area contributed by atoms with Crippen LogP contribution in [0.2, 0.25) is 0 Å². The van der Waals surface area contributed by atoms with Crippen LogP contribution in [-0.2, 0) is 4.79 Å². The van der Waals surface area contributed by atoms with Crippen LogP contribution in [0.25, 0.3) is 10.9 Å². The van der Waals surface area contributed by atoms with Crippen LogP contribution in [0.1, 0.15) is 62.6 Å². The second kappa shape index (κ2) is 6.04. The van der Waals surface area contributed by atoms with E-state index in [-0.39, 0.29) is 35.1 Å². The molecule has 4 aliphatic rings. The third kappa shape index (κ3) is 2.48. The van der Waals surface area contributed by atoms with Crippen molar-refractivity contribution in [1.29, 1.82) is 5.26 Å². The second-order valence-corrected chi connectivity index (χ2v) is 9.28. The van der Waals surface area contributed by atoms with Gasteiger partial charge in [-0.2, -0.15) is 10.4 Å². The lowest BCUT2D eigenvalue weighted by Gasteiger charge is -2.59. The number of hydrogen-bond acceptors (Lipinski definition) is 3. The molecule has 0 spiro atoms. The van der Waals surface area contributed by atoms with E-state index in [1.165, 1.54) is 0 Å². The molecule has 3 unspecified atom stereocenters. The van der Waals surface area contributed by atoms with Gasteiger partial charge in [-0.05, 0) is 56.6 Å². The summed E-state index contributed by atoms with van der Waals surface area (Å²) in [6.45, 7) is 3.70. The summed E-state index contributed by atoms with van der Waals surface area (Å²) < 4.78 is 14.7. The first kappa shape index (κ1) is 17.7. The molecule has 1 amide bonds. The van der Waals surface area contributed by atoms with Crippen LogP contribution in [0.3, 0.4) is 0 Å². The van der Waals surface area contributed by atoms with Gasteiger partial charge in [-0.25, -0.2) is 4.39 Å². The molecular formula is C22H25FN4O. The smallest absolute Gasteiger partial charge is 0.223 e. The van der Waals surface area contributed by atoms with E-state index in [4.69, 9.17) is 0 Å². The fourth-order valence-electron chi connectivity index (χ4n) is 6.19. The average Bonchev–Trinajstić information content (AvgIpc) is 3.09. The van der Waals surface area contributed by atoms with Crippen LogP contribution < -0.4 is 0 Å². The van der Waals surface area contributed by atoms with Gasteiger partial charge in [0.25, 0.3) is 0 Å². The summed E-state index contributed by atoms with van der Waals surface area (Å²) in [5.41, 5.74) is 1.67. The summed E-state index contributed by atoms with van der Waals surface area (Å²) in [6, 6.07) is 6.50. The van der Waals surface area contributed by atoms with Crippen LogP contribution in [-0.4, -0.2) is 33.1 Å². The summed E-state index contributed by atoms with van der Waals surface area (Å²) in [5, 5.41) is 17.4. The molecule has 3 atom stereocenters. The monoisotopic (exact) mass is 380 g/mol. The van der Waals surface area contributed by atoms with Gasteiger partial charge in [0.2, 0.25) is 5.91 Å². The Hall–Kier alpha value is -2.42. The molecule has 4 bridgehead atoms. The Morgan fingerprint density at radius 3 is 2.79 bits per heavy atom. The van der Waals surface area contributed by atoms with Gasteiger partial charge >= 0.3 is 0 Å². The standard InChI is InChI=1S/C22H25FN4O/c1-12-3-4-17-19(20(12)23)21(26-25-17)13(2)5-18(28)27-15-6-14-7-16(27)10-22(8-14,9-15)11-24/h3-4,13-16H,5-10H2,1-2H3,(H,25,26). The van der Waals surface area contributed by atoms with E-state index < -0.39 is 0 Å². The summed E-state index contributed by atoms with van der Waals surface area (Å²) >= 11 is 0. The number of benzene rings is 1. The minimum Gasteiger partial charge on any atom is -0.337 e. The summed E-state index contributed by atoms with van der Waals surface area (Å²) in [5.74, 6) is 0.319. The first-order valence-electron chi connectivity index (χ1n) is 10.3. The Balaban J connectivity index is 1.38. The molecule has 6 heteroatoms. The number of halogens is 1. The lowest BCUT2D eigenvalue weighted by atomic mass is 9.56. The van der Waals surface area contributed by atoms with Crippen molar-refractivity contribution in [2.24, 2.45) is 11.3 Å². The van der Waals surface area contributed by atoms with Gasteiger partial charge in [-0.1, -0.05) is 13.0 Å². The van der Waals surface area contributed by atoms with Gasteiger partial charge in [-0.3, -0.25) is 9.89 Å². The maximum absolute atomic E-state index is 14.7. The molecule has 1 aromatic heterocycles. The van der Waals surface area contributed by atoms with Crippen molar-refractivity contribution in [3.63, 3.8) is 0 Å². The highest BCUT2D eigenvalue weighted by Crippen LogP contribution is 2.56. The Labute approximate surface area is 163 Å². The van der Waals surface area contributed by atoms with Crippen LogP contribution in [0.4, 0.5) is 4.39 Å². The SMILES string of the molecule is Cc1ccc2n[nH]c(C(C)CC(=O)N3C4CC5CC3CC(C#N)(C5)C4)c2c1F. The van der Waals surface area contributed by atoms with Gasteiger partial charge in [0.1, 0.15) is 5.82 Å². The van der Waals surface area contributed by atoms with Gasteiger partial charge in [0.05, 0.1) is 22.4 Å². The number of carbonyl (C=O) groups excluding carboxylic acids is 1. The topological polar surface area (TPSA) is 72.8 Å². The van der Waals surface area contributed by atoms with Gasteiger partial charge in [-0.15, -0.1) is 0 Å². The fraction of sp³-hybridized carbons (Fsp3) is 0.591. The average molecular weight is 380 g/mol. The number of H-pyrrole nitrogens is 1. The van der Waals surface area contributed by atoms with Crippen LogP contribution >= 0.6 is 0 Å². The molecule has 2 aliphatic carbocycles. The normalized spacial score (nSPS) is 31.9. The largest absolute Gasteiger partial charge is 0.337 e. The highest BCUT2D eigenvalue weighted by atomic mass is 19.1. The van der Waals surface area contributed by atoms with Gasteiger partial charge < -0.3 is 4.90 Å². The number of fused-ring (bicyclic) bond motifs is 1. The first-order chi connectivity index (χ1) is 13.4. The number of nitriles is 1. The molecular weight excluding hydrogens is 355 g/mol. The maximum atomic E-state index is 14.7. The Morgan fingerprint density at radius 1 is 1.39 bits per heavy atom. The Bertz CT molecular complexity index is 990. The zero-order valence-corrected chi connectivity index (χ0v) is 16.3. The van der Waals surface area contributed by atoms with Crippen LogP contribution in [0, 0.1) is 35.4 Å². The third-order valence-corrected chi connectivity index (χ3v) is 7.31. The number of carbonyl (C=O) groups is 1. The highest BCUT2D eigenvalue weighted by molar-refractivity contribution is 5.85. The van der Waals surface area contributed by atoms with E-state index >= 15 is 0 Å². The molecule has 4 fully saturated rings. The number of aromatic amines is 1. The molecule has 2 saturated heterocycles. The molecule has 28 heavy (non-hydrogen) atoms. The highest BCUT2D eigenvalue weighted by Gasteiger charge is 2.55. The van der Waals surface area contributed by atoms with E-state index in [0.717, 1.165) is 32.1 Å². The number of aromatic nitrogens is 2. The Morgan fingerprint density at radius 2 is 2.11 bits per heavy atom. The van der Waals surface area contributed by atoms with Gasteiger partial charge in [0.15, 0.2) is 0 Å². The zero-order valence-electron chi connectivity index (χ0n) is 16.3. The molecule has 146 valence electrons. The molecule has 6 rings (SSSR count). The van der Waals surface area contributed by atoms with Gasteiger partial charge in [0, 0.05) is 30.1 Å². The number of nitrogens with zero attached hydrogens (tertiary/aromatic N) is 3. The van der Waals surface area contributed by atoms with Crippen molar-refractivity contribution in [1.82, 2.24) is 15.1 Å². The van der Waals surface area contributed by atoms with Crippen molar-refractivity contribution >= 4 is 16.8 Å². The Kier molecular flexibility index (Phi) is 3.81. The lowest BCUT2D eigenvalue weighted by molar-refractivity contribution is -0.153. The van der Waals surface area contributed by atoms with E-state index in [1.54, 1.807) is 13.0 Å². The predicted molar refractivity (Wildman–Crippen MR) is 103 cm³/mol. The predicted octanol–water partition coefficient (Wildman–Crippen LogP) is 4.19. The van der Waals surface area contributed by atoms with Crippen molar-refractivity contribution in [3.05, 3.63) is 29.2 Å². The fourth-order valence-corrected chi connectivity index (χ4v) is 6.19. The van der Waals surface area contributed by atoms with Crippen LogP contribution in [0.5, 0.6) is 0 Å². The minimum atomic E-state index is -0.258. The first-order valence-corrected chi connectivity index (χ1v) is 10.3. The molecule has 5 nitrogen and oxygen atoms in total. The van der Waals surface area contributed by atoms with E-state index in [9.17, 15) is 14.4 Å². The molecule has 3 heterocycles. The van der Waals surface area contributed by atoms with Crippen molar-refractivity contribution in [2.45, 2.75) is 70.4 Å². The summed E-state index contributed by atoms with van der Waals surface area (Å²) in [4.78, 5) is 15.3. The number of piperidine rings is 2. The third-order valence-electron chi connectivity index (χ3n) is 7.31.